The molecule has 1 heterocycles. The molecule has 18 heavy (non-hydrogen) atoms. The van der Waals surface area contributed by atoms with Crippen LogP contribution < -0.4 is 5.32 Å². The smallest absolute Gasteiger partial charge is 0.317 e. The van der Waals surface area contributed by atoms with Crippen molar-refractivity contribution in [1.29, 1.82) is 0 Å². The normalized spacial score (nSPS) is 21.4. The first-order valence-corrected chi connectivity index (χ1v) is 6.38. The van der Waals surface area contributed by atoms with Gasteiger partial charge in [-0.3, -0.25) is 4.79 Å². The SMILES string of the molecule is CCC(CNC(=O)N1CCOCC1C)CC(=O)O. The van der Waals surface area contributed by atoms with Crippen LogP contribution in [-0.4, -0.2) is 54.4 Å². The number of carboxylic acid groups (broad SMARTS) is 1. The molecule has 1 aliphatic heterocycles. The lowest BCUT2D eigenvalue weighted by molar-refractivity contribution is -0.138. The number of carbonyl (C=O) groups excluding carboxylic acids is 1. The van der Waals surface area contributed by atoms with Crippen LogP contribution in [0, 0.1) is 5.92 Å². The van der Waals surface area contributed by atoms with Gasteiger partial charge in [-0.2, -0.15) is 0 Å². The van der Waals surface area contributed by atoms with Crippen molar-refractivity contribution < 1.29 is 19.4 Å². The van der Waals surface area contributed by atoms with Gasteiger partial charge >= 0.3 is 12.0 Å². The maximum atomic E-state index is 11.9. The van der Waals surface area contributed by atoms with Gasteiger partial charge in [0.25, 0.3) is 0 Å². The summed E-state index contributed by atoms with van der Waals surface area (Å²) in [5.74, 6) is -0.835. The van der Waals surface area contributed by atoms with Crippen molar-refractivity contribution in [3.8, 4) is 0 Å². The lowest BCUT2D eigenvalue weighted by atomic mass is 10.0. The molecule has 2 N–H and O–H groups in total. The molecule has 2 amide bonds. The zero-order valence-electron chi connectivity index (χ0n) is 11.0. The summed E-state index contributed by atoms with van der Waals surface area (Å²) in [6, 6.07) is -0.0621. The Morgan fingerprint density at radius 3 is 2.83 bits per heavy atom. The highest BCUT2D eigenvalue weighted by atomic mass is 16.5. The first kappa shape index (κ1) is 14.8. The Hall–Kier alpha value is -1.30. The minimum absolute atomic E-state index is 0.0113. The van der Waals surface area contributed by atoms with Gasteiger partial charge in [0.2, 0.25) is 0 Å². The molecule has 1 rings (SSSR count). The molecule has 1 saturated heterocycles. The Kier molecular flexibility index (Phi) is 5.91. The quantitative estimate of drug-likeness (QED) is 0.768. The third-order valence-electron chi connectivity index (χ3n) is 3.21. The third-order valence-corrected chi connectivity index (χ3v) is 3.21. The van der Waals surface area contributed by atoms with Crippen molar-refractivity contribution in [3.63, 3.8) is 0 Å². The summed E-state index contributed by atoms with van der Waals surface area (Å²) < 4.78 is 5.26. The van der Waals surface area contributed by atoms with E-state index < -0.39 is 5.97 Å². The minimum Gasteiger partial charge on any atom is -0.481 e. The second-order valence-electron chi connectivity index (χ2n) is 4.68. The molecule has 6 nitrogen and oxygen atoms in total. The predicted molar refractivity (Wildman–Crippen MR) is 66.4 cm³/mol. The molecule has 0 bridgehead atoms. The van der Waals surface area contributed by atoms with Gasteiger partial charge in [-0.25, -0.2) is 4.79 Å². The molecule has 2 unspecified atom stereocenters. The molecule has 1 fully saturated rings. The van der Waals surface area contributed by atoms with Crippen LogP contribution >= 0.6 is 0 Å². The monoisotopic (exact) mass is 258 g/mol. The van der Waals surface area contributed by atoms with Gasteiger partial charge in [0.1, 0.15) is 0 Å². The summed E-state index contributed by atoms with van der Waals surface area (Å²) in [5, 5.41) is 11.5. The second kappa shape index (κ2) is 7.20. The molecule has 104 valence electrons. The molecule has 0 spiro atoms. The molecular formula is C12H22N2O4. The van der Waals surface area contributed by atoms with E-state index in [9.17, 15) is 9.59 Å². The van der Waals surface area contributed by atoms with E-state index in [0.717, 1.165) is 6.42 Å². The van der Waals surface area contributed by atoms with E-state index in [1.54, 1.807) is 4.90 Å². The number of aliphatic carboxylic acids is 1. The molecule has 6 heteroatoms. The van der Waals surface area contributed by atoms with E-state index in [0.29, 0.717) is 26.3 Å². The molecule has 1 aliphatic rings. The van der Waals surface area contributed by atoms with Crippen LogP contribution in [-0.2, 0) is 9.53 Å². The average Bonchev–Trinajstić information content (AvgIpc) is 2.34. The van der Waals surface area contributed by atoms with Gasteiger partial charge in [0.15, 0.2) is 0 Å². The zero-order valence-corrected chi connectivity index (χ0v) is 11.0. The molecule has 0 aromatic heterocycles. The number of hydrogen-bond donors (Lipinski definition) is 2. The minimum atomic E-state index is -0.823. The fourth-order valence-corrected chi connectivity index (χ4v) is 1.97. The lowest BCUT2D eigenvalue weighted by Gasteiger charge is -2.33. The first-order valence-electron chi connectivity index (χ1n) is 6.38. The van der Waals surface area contributed by atoms with Crippen LogP contribution in [0.15, 0.2) is 0 Å². The Morgan fingerprint density at radius 2 is 2.28 bits per heavy atom. The fourth-order valence-electron chi connectivity index (χ4n) is 1.97. The van der Waals surface area contributed by atoms with Crippen LogP contribution in [0.3, 0.4) is 0 Å². The van der Waals surface area contributed by atoms with Gasteiger partial charge < -0.3 is 20.1 Å². The summed E-state index contributed by atoms with van der Waals surface area (Å²) in [6.07, 6.45) is 0.834. The average molecular weight is 258 g/mol. The van der Waals surface area contributed by atoms with E-state index >= 15 is 0 Å². The number of nitrogens with one attached hydrogen (secondary N) is 1. The van der Waals surface area contributed by atoms with Crippen LogP contribution in [0.1, 0.15) is 26.7 Å². The molecule has 0 aromatic carbocycles. The standard InChI is InChI=1S/C12H22N2O4/c1-3-10(6-11(15)16)7-13-12(17)14-4-5-18-8-9(14)2/h9-10H,3-8H2,1-2H3,(H,13,17)(H,15,16). The van der Waals surface area contributed by atoms with E-state index in [1.807, 2.05) is 13.8 Å². The van der Waals surface area contributed by atoms with Crippen molar-refractivity contribution in [2.24, 2.45) is 5.92 Å². The van der Waals surface area contributed by atoms with Crippen LogP contribution in [0.25, 0.3) is 0 Å². The maximum Gasteiger partial charge on any atom is 0.317 e. The summed E-state index contributed by atoms with van der Waals surface area (Å²) in [4.78, 5) is 24.3. The van der Waals surface area contributed by atoms with Gasteiger partial charge in [-0.1, -0.05) is 13.3 Å². The van der Waals surface area contributed by atoms with Gasteiger partial charge in [0.05, 0.1) is 19.3 Å². The lowest BCUT2D eigenvalue weighted by Crippen LogP contribution is -2.51. The van der Waals surface area contributed by atoms with E-state index in [1.165, 1.54) is 0 Å². The Morgan fingerprint density at radius 1 is 1.56 bits per heavy atom. The number of rotatable bonds is 5. The predicted octanol–water partition coefficient (Wildman–Crippen LogP) is 0.918. The number of carbonyl (C=O) groups is 2. The summed E-state index contributed by atoms with van der Waals surface area (Å²) in [6.45, 7) is 5.97. The number of nitrogens with zero attached hydrogens (tertiary/aromatic N) is 1. The Labute approximate surface area is 107 Å². The number of hydrogen-bond acceptors (Lipinski definition) is 3. The third kappa shape index (κ3) is 4.52. The first-order chi connectivity index (χ1) is 8.54. The number of morpholine rings is 1. The van der Waals surface area contributed by atoms with E-state index in [-0.39, 0.29) is 24.4 Å². The van der Waals surface area contributed by atoms with Crippen molar-refractivity contribution >= 4 is 12.0 Å². The maximum absolute atomic E-state index is 11.9. The largest absolute Gasteiger partial charge is 0.481 e. The van der Waals surface area contributed by atoms with Crippen LogP contribution in [0.5, 0.6) is 0 Å². The Balaban J connectivity index is 2.36. The number of amides is 2. The highest BCUT2D eigenvalue weighted by molar-refractivity contribution is 5.74. The molecule has 0 aromatic rings. The van der Waals surface area contributed by atoms with Crippen LogP contribution in [0.4, 0.5) is 4.79 Å². The van der Waals surface area contributed by atoms with Crippen molar-refractivity contribution in [3.05, 3.63) is 0 Å². The van der Waals surface area contributed by atoms with Crippen LogP contribution in [0.2, 0.25) is 0 Å². The summed E-state index contributed by atoms with van der Waals surface area (Å²) >= 11 is 0. The fraction of sp³-hybridized carbons (Fsp3) is 0.833. The van der Waals surface area contributed by atoms with Gasteiger partial charge in [-0.05, 0) is 12.8 Å². The molecule has 2 atom stereocenters. The highest BCUT2D eigenvalue weighted by Gasteiger charge is 2.24. The highest BCUT2D eigenvalue weighted by Crippen LogP contribution is 2.09. The summed E-state index contributed by atoms with van der Waals surface area (Å²) in [5.41, 5.74) is 0. The zero-order chi connectivity index (χ0) is 13.5. The molecule has 0 saturated carbocycles. The van der Waals surface area contributed by atoms with E-state index in [2.05, 4.69) is 5.32 Å². The molecule has 0 radical (unpaired) electrons. The van der Waals surface area contributed by atoms with E-state index in [4.69, 9.17) is 9.84 Å². The second-order valence-corrected chi connectivity index (χ2v) is 4.68. The van der Waals surface area contributed by atoms with Gasteiger partial charge in [0, 0.05) is 19.5 Å². The molecular weight excluding hydrogens is 236 g/mol. The molecule has 0 aliphatic carbocycles. The topological polar surface area (TPSA) is 78.9 Å². The Bertz CT molecular complexity index is 296. The van der Waals surface area contributed by atoms with Crippen molar-refractivity contribution in [1.82, 2.24) is 10.2 Å². The van der Waals surface area contributed by atoms with Crippen molar-refractivity contribution in [2.75, 3.05) is 26.3 Å². The summed E-state index contributed by atoms with van der Waals surface area (Å²) in [7, 11) is 0. The van der Waals surface area contributed by atoms with Gasteiger partial charge in [-0.15, -0.1) is 0 Å². The number of urea groups is 1. The number of carboxylic acids is 1. The van der Waals surface area contributed by atoms with Crippen molar-refractivity contribution in [2.45, 2.75) is 32.7 Å². The number of ether oxygens (including phenoxy) is 1.